The van der Waals surface area contributed by atoms with E-state index in [2.05, 4.69) is 17.1 Å². The van der Waals surface area contributed by atoms with Crippen LogP contribution in [0.2, 0.25) is 0 Å². The highest BCUT2D eigenvalue weighted by Crippen LogP contribution is 2.19. The molecule has 1 heterocycles. The van der Waals surface area contributed by atoms with E-state index in [0.29, 0.717) is 12.8 Å². The van der Waals surface area contributed by atoms with Crippen LogP contribution >= 0.6 is 0 Å². The molecule has 0 saturated carbocycles. The molecule has 3 N–H and O–H groups in total. The zero-order valence-electron chi connectivity index (χ0n) is 13.0. The van der Waals surface area contributed by atoms with Gasteiger partial charge in [0.15, 0.2) is 0 Å². The third-order valence-corrected chi connectivity index (χ3v) is 3.87. The summed E-state index contributed by atoms with van der Waals surface area (Å²) in [5.74, 6) is -0.184. The van der Waals surface area contributed by atoms with Crippen molar-refractivity contribution in [1.29, 1.82) is 0 Å². The molecular weight excluding hydrogens is 358 g/mol. The van der Waals surface area contributed by atoms with Gasteiger partial charge in [-0.2, -0.15) is 16.8 Å². The van der Waals surface area contributed by atoms with E-state index in [9.17, 15) is 8.42 Å². The average Bonchev–Trinajstić information content (AvgIpc) is 2.40. The number of rotatable bonds is 5. The van der Waals surface area contributed by atoms with Gasteiger partial charge in [0.25, 0.3) is 10.1 Å². The summed E-state index contributed by atoms with van der Waals surface area (Å²) >= 11 is 0. The molecule has 0 amide bonds. The molecule has 0 aliphatic heterocycles. The normalized spacial score (nSPS) is 11.8. The molecule has 2 rings (SSSR count). The minimum atomic E-state index is -4.67. The van der Waals surface area contributed by atoms with Crippen molar-refractivity contribution in [1.82, 2.24) is 4.98 Å². The van der Waals surface area contributed by atoms with Crippen molar-refractivity contribution in [2.45, 2.75) is 26.2 Å². The second kappa shape index (κ2) is 8.49. The summed E-state index contributed by atoms with van der Waals surface area (Å²) < 4.78 is 61.5. The molecule has 8 nitrogen and oxygen atoms in total. The van der Waals surface area contributed by atoms with Crippen LogP contribution in [0.15, 0.2) is 30.5 Å². The summed E-state index contributed by atoms with van der Waals surface area (Å²) in [5, 5.41) is 2.26. The van der Waals surface area contributed by atoms with Crippen molar-refractivity contribution in [2.75, 3.05) is 5.75 Å². The van der Waals surface area contributed by atoms with Gasteiger partial charge in [-0.05, 0) is 37.6 Å². The first kappa shape index (κ1) is 20.5. The second-order valence-electron chi connectivity index (χ2n) is 5.17. The summed E-state index contributed by atoms with van der Waals surface area (Å²) in [6.45, 7) is 2.05. The van der Waals surface area contributed by atoms with Gasteiger partial charge >= 0.3 is 10.4 Å². The molecule has 2 aromatic rings. The van der Waals surface area contributed by atoms with Crippen LogP contribution in [0.1, 0.15) is 24.1 Å². The lowest BCUT2D eigenvalue weighted by molar-refractivity contribution is 0.381. The molecule has 0 aliphatic carbocycles. The number of aryl methyl sites for hydroxylation is 2. The number of hydrogen-bond donors (Lipinski definition) is 3. The fourth-order valence-corrected chi connectivity index (χ4v) is 2.70. The third-order valence-electron chi connectivity index (χ3n) is 3.07. The van der Waals surface area contributed by atoms with E-state index in [1.54, 1.807) is 6.20 Å². The summed E-state index contributed by atoms with van der Waals surface area (Å²) in [6.07, 6.45) is 3.64. The standard InChI is InChI=1S/C14H17NO3S.H2O4S/c1-11-5-6-13-12(10-11)7-8-15-14(13)4-2-3-9-19(16,17)18;1-5(2,3)4/h5-8,10H,2-4,9H2,1H3,(H,16,17,18);(H2,1,2,3,4). The molecule has 134 valence electrons. The van der Waals surface area contributed by atoms with E-state index in [1.807, 2.05) is 19.1 Å². The van der Waals surface area contributed by atoms with Gasteiger partial charge in [0.2, 0.25) is 0 Å². The predicted molar refractivity (Wildman–Crippen MR) is 90.0 cm³/mol. The summed E-state index contributed by atoms with van der Waals surface area (Å²) in [6, 6.07) is 8.18. The lowest BCUT2D eigenvalue weighted by Crippen LogP contribution is -2.04. The highest BCUT2D eigenvalue weighted by Gasteiger charge is 2.06. The molecule has 24 heavy (non-hydrogen) atoms. The van der Waals surface area contributed by atoms with E-state index in [1.165, 1.54) is 5.56 Å². The Labute approximate surface area is 140 Å². The van der Waals surface area contributed by atoms with E-state index in [-0.39, 0.29) is 5.75 Å². The monoisotopic (exact) mass is 377 g/mol. The van der Waals surface area contributed by atoms with Gasteiger partial charge in [-0.15, -0.1) is 0 Å². The zero-order chi connectivity index (χ0) is 18.4. The van der Waals surface area contributed by atoms with E-state index in [0.717, 1.165) is 22.9 Å². The maximum absolute atomic E-state index is 10.6. The van der Waals surface area contributed by atoms with Crippen LogP contribution < -0.4 is 0 Å². The molecule has 0 atom stereocenters. The van der Waals surface area contributed by atoms with Gasteiger partial charge in [0.1, 0.15) is 0 Å². The van der Waals surface area contributed by atoms with Gasteiger partial charge in [0, 0.05) is 17.3 Å². The Morgan fingerprint density at radius 2 is 1.62 bits per heavy atom. The largest absolute Gasteiger partial charge is 0.394 e. The van der Waals surface area contributed by atoms with Gasteiger partial charge in [-0.1, -0.05) is 23.8 Å². The highest BCUT2D eigenvalue weighted by molar-refractivity contribution is 7.85. The Balaban J connectivity index is 0.000000505. The van der Waals surface area contributed by atoms with E-state index >= 15 is 0 Å². The van der Waals surface area contributed by atoms with Crippen LogP contribution in [0.25, 0.3) is 10.8 Å². The first-order chi connectivity index (χ1) is 11.0. The molecule has 0 spiro atoms. The Morgan fingerprint density at radius 1 is 1.00 bits per heavy atom. The molecule has 0 aliphatic rings. The number of pyridine rings is 1. The minimum absolute atomic E-state index is 0.184. The summed E-state index contributed by atoms with van der Waals surface area (Å²) in [5.41, 5.74) is 2.18. The predicted octanol–water partition coefficient (Wildman–Crippen LogP) is 2.10. The Kier molecular flexibility index (Phi) is 7.24. The molecule has 0 fully saturated rings. The lowest BCUT2D eigenvalue weighted by atomic mass is 10.0. The SMILES string of the molecule is Cc1ccc2c(CCCCS(=O)(=O)O)nccc2c1.O=S(=O)(O)O. The zero-order valence-corrected chi connectivity index (χ0v) is 14.6. The molecule has 1 aromatic heterocycles. The quantitative estimate of drug-likeness (QED) is 0.531. The second-order valence-corrected chi connectivity index (χ2v) is 7.64. The van der Waals surface area contributed by atoms with Crippen molar-refractivity contribution >= 4 is 31.3 Å². The lowest BCUT2D eigenvalue weighted by Gasteiger charge is -2.06. The van der Waals surface area contributed by atoms with Gasteiger partial charge in [-0.3, -0.25) is 18.6 Å². The van der Waals surface area contributed by atoms with Gasteiger partial charge < -0.3 is 0 Å². The van der Waals surface area contributed by atoms with E-state index < -0.39 is 20.5 Å². The van der Waals surface area contributed by atoms with Crippen molar-refractivity contribution < 1.29 is 30.5 Å². The van der Waals surface area contributed by atoms with Crippen molar-refractivity contribution in [2.24, 2.45) is 0 Å². The number of unbranched alkanes of at least 4 members (excludes halogenated alkanes) is 1. The number of nitrogens with zero attached hydrogens (tertiary/aromatic N) is 1. The maximum Gasteiger partial charge on any atom is 0.394 e. The smallest absolute Gasteiger partial charge is 0.286 e. The van der Waals surface area contributed by atoms with Crippen molar-refractivity contribution in [3.8, 4) is 0 Å². The number of fused-ring (bicyclic) bond motifs is 1. The molecule has 10 heteroatoms. The third kappa shape index (κ3) is 8.89. The van der Waals surface area contributed by atoms with Gasteiger partial charge in [0.05, 0.1) is 5.75 Å². The molecule has 0 unspecified atom stereocenters. The number of benzene rings is 1. The average molecular weight is 377 g/mol. The Hall–Kier alpha value is -1.59. The highest BCUT2D eigenvalue weighted by atomic mass is 32.3. The minimum Gasteiger partial charge on any atom is -0.286 e. The first-order valence-corrected chi connectivity index (χ1v) is 9.95. The van der Waals surface area contributed by atoms with E-state index in [4.69, 9.17) is 22.1 Å². The van der Waals surface area contributed by atoms with Crippen LogP contribution in [0.5, 0.6) is 0 Å². The summed E-state index contributed by atoms with van der Waals surface area (Å²) in [7, 11) is -8.51. The van der Waals surface area contributed by atoms with Crippen LogP contribution in [0, 0.1) is 6.92 Å². The molecule has 0 radical (unpaired) electrons. The van der Waals surface area contributed by atoms with Crippen molar-refractivity contribution in [3.63, 3.8) is 0 Å². The molecule has 0 bridgehead atoms. The fourth-order valence-electron chi connectivity index (χ4n) is 2.14. The van der Waals surface area contributed by atoms with Gasteiger partial charge in [-0.25, -0.2) is 0 Å². The number of hydrogen-bond acceptors (Lipinski definition) is 5. The Bertz CT molecular complexity index is 884. The maximum atomic E-state index is 10.6. The van der Waals surface area contributed by atoms with Crippen molar-refractivity contribution in [3.05, 3.63) is 41.7 Å². The topological polar surface area (TPSA) is 142 Å². The molecular formula is C14H19NO7S2. The van der Waals surface area contributed by atoms with Crippen LogP contribution in [0.3, 0.4) is 0 Å². The number of aromatic nitrogens is 1. The summed E-state index contributed by atoms with van der Waals surface area (Å²) in [4.78, 5) is 4.36. The molecule has 1 aromatic carbocycles. The Morgan fingerprint density at radius 3 is 2.21 bits per heavy atom. The first-order valence-electron chi connectivity index (χ1n) is 6.95. The fraction of sp³-hybridized carbons (Fsp3) is 0.357. The van der Waals surface area contributed by atoms with Crippen LogP contribution in [-0.2, 0) is 26.9 Å². The van der Waals surface area contributed by atoms with Crippen LogP contribution in [-0.4, -0.2) is 41.2 Å². The molecule has 0 saturated heterocycles. The van der Waals surface area contributed by atoms with Crippen LogP contribution in [0.4, 0.5) is 0 Å².